The van der Waals surface area contributed by atoms with Gasteiger partial charge in [-0.2, -0.15) is 0 Å². The standard InChI is InChI=1S/C28H33Cl2N3O12S.Na/c1-14(34)43-12-16-13-46(41,42)24-21(23(36)33(24)22(16)25(37)38)31-19(35)6-5-7-20(45-26(39)28(2,3)4)32-27(40)44-11-15-8-9-17(29)10-18(15)30;/h8-10,20-21,24H,5-7,11-13H2,1-4H3,(H,31,35)(H,32,40)(H,37,38);/q;+1/p-1/t20?,21-,24-;/m0./s1. The quantitative estimate of drug-likeness (QED) is 0.0783. The molecule has 2 aliphatic rings. The maximum absolute atomic E-state index is 12.9. The first-order valence-electron chi connectivity index (χ1n) is 13.8. The van der Waals surface area contributed by atoms with E-state index >= 15 is 0 Å². The van der Waals surface area contributed by atoms with Gasteiger partial charge in [-0.1, -0.05) is 29.3 Å². The molecule has 15 nitrogen and oxygen atoms in total. The van der Waals surface area contributed by atoms with Gasteiger partial charge in [0.15, 0.2) is 21.4 Å². The average Bonchev–Trinajstić information content (AvgIpc) is 2.92. The fourth-order valence-corrected chi connectivity index (χ4v) is 6.90. The number of aliphatic carboxylic acids is 1. The molecule has 0 bridgehead atoms. The summed E-state index contributed by atoms with van der Waals surface area (Å²) in [6, 6.07) is 3.02. The summed E-state index contributed by atoms with van der Waals surface area (Å²) in [5, 5.41) is 15.4. The van der Waals surface area contributed by atoms with E-state index in [0.717, 1.165) is 6.92 Å². The molecule has 1 fully saturated rings. The number of carbonyl (C=O) groups is 6. The molecule has 252 valence electrons. The van der Waals surface area contributed by atoms with E-state index in [9.17, 15) is 42.3 Å². The number of hydrogen-bond acceptors (Lipinski definition) is 12. The fraction of sp³-hybridized carbons (Fsp3) is 0.500. The second-order valence-corrected chi connectivity index (χ2v) is 14.4. The number of ether oxygens (including phenoxy) is 3. The first-order chi connectivity index (χ1) is 21.3. The zero-order valence-corrected chi connectivity index (χ0v) is 30.5. The van der Waals surface area contributed by atoms with E-state index in [0.29, 0.717) is 15.5 Å². The second kappa shape index (κ2) is 16.5. The summed E-state index contributed by atoms with van der Waals surface area (Å²) >= 11 is 12.0. The number of carbonyl (C=O) groups excluding carboxylic acids is 6. The van der Waals surface area contributed by atoms with E-state index in [4.69, 9.17) is 37.4 Å². The van der Waals surface area contributed by atoms with Gasteiger partial charge in [0.25, 0.3) is 5.91 Å². The maximum Gasteiger partial charge on any atom is 1.00 e. The molecule has 1 aromatic carbocycles. The van der Waals surface area contributed by atoms with E-state index in [-0.39, 0.29) is 66.0 Å². The molecule has 1 saturated heterocycles. The minimum absolute atomic E-state index is 0. The predicted molar refractivity (Wildman–Crippen MR) is 158 cm³/mol. The molecule has 1 unspecified atom stereocenters. The zero-order valence-electron chi connectivity index (χ0n) is 26.2. The average molecular weight is 729 g/mol. The molecule has 0 aromatic heterocycles. The number of sulfone groups is 1. The number of carboxylic acid groups (broad SMARTS) is 1. The van der Waals surface area contributed by atoms with Crippen LogP contribution in [0.2, 0.25) is 10.0 Å². The number of alkyl carbamates (subject to hydrolysis) is 1. The minimum Gasteiger partial charge on any atom is -0.543 e. The van der Waals surface area contributed by atoms with Crippen LogP contribution < -0.4 is 45.3 Å². The number of carboxylic acids is 1. The Hall–Kier alpha value is -2.89. The summed E-state index contributed by atoms with van der Waals surface area (Å²) in [6.07, 6.45) is -2.54. The third-order valence-corrected chi connectivity index (χ3v) is 9.26. The summed E-state index contributed by atoms with van der Waals surface area (Å²) in [5.41, 5.74) is -1.55. The Bertz CT molecular complexity index is 1580. The Morgan fingerprint density at radius 2 is 1.77 bits per heavy atom. The van der Waals surface area contributed by atoms with Gasteiger partial charge in [-0.3, -0.25) is 29.4 Å². The van der Waals surface area contributed by atoms with Crippen LogP contribution in [-0.2, 0) is 54.6 Å². The van der Waals surface area contributed by atoms with E-state index < -0.39 is 86.8 Å². The topological polar surface area (TPSA) is 215 Å². The number of fused-ring (bicyclic) bond motifs is 1. The van der Waals surface area contributed by atoms with Crippen LogP contribution in [0.5, 0.6) is 0 Å². The molecule has 3 amide bonds. The second-order valence-electron chi connectivity index (χ2n) is 11.5. The van der Waals surface area contributed by atoms with Gasteiger partial charge < -0.3 is 29.4 Å². The largest absolute Gasteiger partial charge is 1.00 e. The molecule has 1 aromatic rings. The molecule has 2 N–H and O–H groups in total. The molecule has 2 heterocycles. The molecule has 3 atom stereocenters. The van der Waals surface area contributed by atoms with Crippen molar-refractivity contribution in [3.05, 3.63) is 45.1 Å². The Labute approximate surface area is 302 Å². The van der Waals surface area contributed by atoms with Crippen molar-refractivity contribution in [2.75, 3.05) is 12.4 Å². The Morgan fingerprint density at radius 3 is 2.34 bits per heavy atom. The number of esters is 2. The summed E-state index contributed by atoms with van der Waals surface area (Å²) in [7, 11) is -4.20. The number of hydrogen-bond donors (Lipinski definition) is 2. The van der Waals surface area contributed by atoms with Crippen LogP contribution in [0.15, 0.2) is 29.5 Å². The summed E-state index contributed by atoms with van der Waals surface area (Å²) in [4.78, 5) is 73.9. The minimum atomic E-state index is -4.20. The number of rotatable bonds is 12. The van der Waals surface area contributed by atoms with Crippen molar-refractivity contribution in [1.82, 2.24) is 15.5 Å². The monoisotopic (exact) mass is 727 g/mol. The van der Waals surface area contributed by atoms with Gasteiger partial charge in [-0.25, -0.2) is 13.2 Å². The molecular formula is C28H32Cl2N3NaO12S. The number of benzene rings is 1. The third kappa shape index (κ3) is 10.5. The summed E-state index contributed by atoms with van der Waals surface area (Å²) < 4.78 is 41.1. The van der Waals surface area contributed by atoms with Crippen molar-refractivity contribution < 1.29 is 86.1 Å². The SMILES string of the molecule is CC(=O)OCC1=C(C(=O)[O-])N2C(=O)[C@H](NC(=O)CCCC(NC(=O)OCc3ccc(Cl)cc3Cl)OC(=O)C(C)(C)C)[C@@H]2S(=O)(=O)C1.[Na+]. The first kappa shape index (κ1) is 40.3. The van der Waals surface area contributed by atoms with Gasteiger partial charge in [-0.05, 0) is 39.3 Å². The van der Waals surface area contributed by atoms with E-state index in [1.54, 1.807) is 32.9 Å². The Balaban J connectivity index is 0.00000768. The molecule has 0 radical (unpaired) electrons. The smallest absolute Gasteiger partial charge is 0.543 e. The molecule has 19 heteroatoms. The van der Waals surface area contributed by atoms with Crippen LogP contribution in [0.3, 0.4) is 0 Å². The molecule has 3 rings (SSSR count). The third-order valence-electron chi connectivity index (χ3n) is 6.71. The van der Waals surface area contributed by atoms with Crippen LogP contribution in [0.25, 0.3) is 0 Å². The molecular weight excluding hydrogens is 696 g/mol. The predicted octanol–water partition coefficient (Wildman–Crippen LogP) is -2.04. The van der Waals surface area contributed by atoms with Crippen LogP contribution in [0.4, 0.5) is 4.79 Å². The van der Waals surface area contributed by atoms with Gasteiger partial charge in [0, 0.05) is 40.9 Å². The molecule has 2 aliphatic heterocycles. The Morgan fingerprint density at radius 1 is 1.11 bits per heavy atom. The van der Waals surface area contributed by atoms with E-state index in [2.05, 4.69) is 10.6 Å². The van der Waals surface area contributed by atoms with Crippen molar-refractivity contribution in [2.45, 2.75) is 71.2 Å². The van der Waals surface area contributed by atoms with Crippen LogP contribution in [0.1, 0.15) is 52.5 Å². The van der Waals surface area contributed by atoms with Crippen LogP contribution >= 0.6 is 23.2 Å². The Kier molecular flexibility index (Phi) is 14.1. The van der Waals surface area contributed by atoms with Crippen molar-refractivity contribution >= 4 is 68.9 Å². The number of nitrogens with one attached hydrogen (secondary N) is 2. The molecule has 0 saturated carbocycles. The normalized spacial score (nSPS) is 18.9. The van der Waals surface area contributed by atoms with Crippen LogP contribution in [-0.4, -0.2) is 79.1 Å². The number of nitrogens with zero attached hydrogens (tertiary/aromatic N) is 1. The molecule has 47 heavy (non-hydrogen) atoms. The first-order valence-corrected chi connectivity index (χ1v) is 16.3. The summed E-state index contributed by atoms with van der Waals surface area (Å²) in [6.45, 7) is 4.93. The summed E-state index contributed by atoms with van der Waals surface area (Å²) in [5.74, 6) is -5.91. The van der Waals surface area contributed by atoms with Gasteiger partial charge in [-0.15, -0.1) is 0 Å². The van der Waals surface area contributed by atoms with E-state index in [1.165, 1.54) is 6.07 Å². The van der Waals surface area contributed by atoms with Crippen molar-refractivity contribution in [3.63, 3.8) is 0 Å². The van der Waals surface area contributed by atoms with Gasteiger partial charge in [0.1, 0.15) is 19.3 Å². The van der Waals surface area contributed by atoms with Gasteiger partial charge in [0.05, 0.1) is 22.8 Å². The molecule has 0 spiro atoms. The van der Waals surface area contributed by atoms with Crippen molar-refractivity contribution in [1.29, 1.82) is 0 Å². The van der Waals surface area contributed by atoms with Crippen molar-refractivity contribution in [3.8, 4) is 0 Å². The van der Waals surface area contributed by atoms with Crippen LogP contribution in [0, 0.1) is 5.41 Å². The number of β-lactam (4-membered cyclic amide) rings is 1. The maximum atomic E-state index is 12.9. The van der Waals surface area contributed by atoms with Gasteiger partial charge in [0.2, 0.25) is 5.91 Å². The number of halogens is 2. The molecule has 0 aliphatic carbocycles. The van der Waals surface area contributed by atoms with Gasteiger partial charge >= 0.3 is 47.6 Å². The fourth-order valence-electron chi connectivity index (χ4n) is 4.43. The van der Waals surface area contributed by atoms with E-state index in [1.807, 2.05) is 0 Å². The number of amides is 3. The zero-order chi connectivity index (χ0) is 34.6. The van der Waals surface area contributed by atoms with Crippen molar-refractivity contribution in [2.24, 2.45) is 5.41 Å².